The van der Waals surface area contributed by atoms with Crippen molar-refractivity contribution in [3.8, 4) is 0 Å². The maximum absolute atomic E-state index is 9.88. The first-order chi connectivity index (χ1) is 5.93. The van der Waals surface area contributed by atoms with Crippen molar-refractivity contribution in [1.82, 2.24) is 5.32 Å². The number of fused-ring (bicyclic) bond motifs is 2. The summed E-state index contributed by atoms with van der Waals surface area (Å²) in [4.78, 5) is 0. The van der Waals surface area contributed by atoms with Crippen molar-refractivity contribution in [2.75, 3.05) is 7.05 Å². The minimum absolute atomic E-state index is 0.0736. The molecule has 0 spiro atoms. The lowest BCUT2D eigenvalue weighted by atomic mass is 9.63. The van der Waals surface area contributed by atoms with Crippen molar-refractivity contribution in [2.24, 2.45) is 17.3 Å². The van der Waals surface area contributed by atoms with E-state index in [4.69, 9.17) is 0 Å². The standard InChI is InChI=1S/C11H21NO/c1-10(2)7-5-8(9(13)6-7)11(10,3)12-4/h7-9,12-13H,5-6H2,1-4H3/t7-,8+,9+,11+/m0/s1. The highest BCUT2D eigenvalue weighted by Gasteiger charge is 2.62. The highest BCUT2D eigenvalue weighted by Crippen LogP contribution is 2.60. The van der Waals surface area contributed by atoms with E-state index < -0.39 is 0 Å². The molecule has 2 heteroatoms. The number of hydrogen-bond donors (Lipinski definition) is 2. The maximum Gasteiger partial charge on any atom is 0.0589 e. The van der Waals surface area contributed by atoms with Crippen LogP contribution in [0.2, 0.25) is 0 Å². The predicted molar refractivity (Wildman–Crippen MR) is 53.5 cm³/mol. The third-order valence-corrected chi connectivity index (χ3v) is 5.15. The molecule has 0 heterocycles. The van der Waals surface area contributed by atoms with E-state index in [1.807, 2.05) is 7.05 Å². The number of aliphatic hydroxyl groups excluding tert-OH is 1. The summed E-state index contributed by atoms with van der Waals surface area (Å²) in [5.41, 5.74) is 0.445. The minimum Gasteiger partial charge on any atom is -0.393 e. The van der Waals surface area contributed by atoms with Gasteiger partial charge in [0.25, 0.3) is 0 Å². The van der Waals surface area contributed by atoms with Crippen LogP contribution in [-0.4, -0.2) is 23.8 Å². The first kappa shape index (κ1) is 9.47. The van der Waals surface area contributed by atoms with E-state index >= 15 is 0 Å². The zero-order chi connectivity index (χ0) is 9.85. The van der Waals surface area contributed by atoms with Gasteiger partial charge in [0.05, 0.1) is 6.10 Å². The number of aliphatic hydroxyl groups is 1. The van der Waals surface area contributed by atoms with Gasteiger partial charge in [0.2, 0.25) is 0 Å². The van der Waals surface area contributed by atoms with E-state index in [1.54, 1.807) is 0 Å². The van der Waals surface area contributed by atoms with Crippen LogP contribution in [0, 0.1) is 17.3 Å². The van der Waals surface area contributed by atoms with E-state index in [-0.39, 0.29) is 11.6 Å². The molecule has 13 heavy (non-hydrogen) atoms. The second-order valence-corrected chi connectivity index (χ2v) is 5.52. The van der Waals surface area contributed by atoms with Crippen molar-refractivity contribution in [3.05, 3.63) is 0 Å². The molecule has 4 atom stereocenters. The van der Waals surface area contributed by atoms with Crippen molar-refractivity contribution in [3.63, 3.8) is 0 Å². The van der Waals surface area contributed by atoms with Crippen molar-refractivity contribution >= 4 is 0 Å². The van der Waals surface area contributed by atoms with Crippen LogP contribution >= 0.6 is 0 Å². The largest absolute Gasteiger partial charge is 0.393 e. The van der Waals surface area contributed by atoms with Gasteiger partial charge in [-0.3, -0.25) is 0 Å². The summed E-state index contributed by atoms with van der Waals surface area (Å²) in [6.07, 6.45) is 2.14. The van der Waals surface area contributed by atoms with Gasteiger partial charge in [-0.1, -0.05) is 13.8 Å². The van der Waals surface area contributed by atoms with E-state index in [0.717, 1.165) is 6.42 Å². The Hall–Kier alpha value is -0.0800. The van der Waals surface area contributed by atoms with Gasteiger partial charge in [-0.25, -0.2) is 0 Å². The average molecular weight is 183 g/mol. The van der Waals surface area contributed by atoms with E-state index in [0.29, 0.717) is 17.3 Å². The Labute approximate surface area is 80.7 Å². The van der Waals surface area contributed by atoms with Gasteiger partial charge in [0.1, 0.15) is 0 Å². The molecule has 0 aromatic heterocycles. The summed E-state index contributed by atoms with van der Waals surface area (Å²) in [5, 5.41) is 13.3. The molecule has 2 aliphatic carbocycles. The van der Waals surface area contributed by atoms with Crippen LogP contribution in [0.25, 0.3) is 0 Å². The number of nitrogens with one attached hydrogen (secondary N) is 1. The second kappa shape index (κ2) is 2.48. The fourth-order valence-corrected chi connectivity index (χ4v) is 3.63. The van der Waals surface area contributed by atoms with Gasteiger partial charge >= 0.3 is 0 Å². The van der Waals surface area contributed by atoms with Crippen LogP contribution in [0.3, 0.4) is 0 Å². The molecule has 2 rings (SSSR count). The molecule has 2 nitrogen and oxygen atoms in total. The van der Waals surface area contributed by atoms with E-state index in [2.05, 4.69) is 26.1 Å². The molecule has 76 valence electrons. The van der Waals surface area contributed by atoms with Crippen LogP contribution in [0.15, 0.2) is 0 Å². The topological polar surface area (TPSA) is 32.3 Å². The lowest BCUT2D eigenvalue weighted by Crippen LogP contribution is -2.59. The maximum atomic E-state index is 9.88. The van der Waals surface area contributed by atoms with Crippen LogP contribution in [0.5, 0.6) is 0 Å². The third-order valence-electron chi connectivity index (χ3n) is 5.15. The molecule has 2 N–H and O–H groups in total. The highest BCUT2D eigenvalue weighted by molar-refractivity contribution is 5.16. The van der Waals surface area contributed by atoms with Crippen LogP contribution in [0.1, 0.15) is 33.6 Å². The smallest absolute Gasteiger partial charge is 0.0589 e. The Morgan fingerprint density at radius 2 is 1.85 bits per heavy atom. The minimum atomic E-state index is -0.0736. The molecule has 0 aliphatic heterocycles. The monoisotopic (exact) mass is 183 g/mol. The summed E-state index contributed by atoms with van der Waals surface area (Å²) in [5.74, 6) is 1.16. The van der Waals surface area contributed by atoms with E-state index in [1.165, 1.54) is 6.42 Å². The molecule has 0 aromatic rings. The van der Waals surface area contributed by atoms with Crippen molar-refractivity contribution < 1.29 is 5.11 Å². The Morgan fingerprint density at radius 3 is 2.23 bits per heavy atom. The predicted octanol–water partition coefficient (Wildman–Crippen LogP) is 1.39. The summed E-state index contributed by atoms with van der Waals surface area (Å²) in [7, 11) is 2.02. The third kappa shape index (κ3) is 0.909. The van der Waals surface area contributed by atoms with Gasteiger partial charge in [0.15, 0.2) is 0 Å². The van der Waals surface area contributed by atoms with Crippen LogP contribution in [0.4, 0.5) is 0 Å². The summed E-state index contributed by atoms with van der Waals surface area (Å²) >= 11 is 0. The van der Waals surface area contributed by atoms with E-state index in [9.17, 15) is 5.11 Å². The van der Waals surface area contributed by atoms with Gasteiger partial charge in [-0.05, 0) is 38.1 Å². The molecule has 0 aromatic carbocycles. The lowest BCUT2D eigenvalue weighted by Gasteiger charge is -2.49. The van der Waals surface area contributed by atoms with Gasteiger partial charge in [-0.2, -0.15) is 0 Å². The Kier molecular flexibility index (Phi) is 1.81. The fraction of sp³-hybridized carbons (Fsp3) is 1.00. The zero-order valence-corrected chi connectivity index (χ0v) is 9.09. The average Bonchev–Trinajstić information content (AvgIpc) is 2.52. The zero-order valence-electron chi connectivity index (χ0n) is 9.09. The summed E-state index contributed by atoms with van der Waals surface area (Å²) in [6.45, 7) is 6.93. The first-order valence-corrected chi connectivity index (χ1v) is 5.30. The first-order valence-electron chi connectivity index (χ1n) is 5.30. The molecule has 0 unspecified atom stereocenters. The lowest BCUT2D eigenvalue weighted by molar-refractivity contribution is -0.0120. The van der Waals surface area contributed by atoms with Crippen LogP contribution < -0.4 is 5.32 Å². The Bertz CT molecular complexity index is 226. The molecular weight excluding hydrogens is 162 g/mol. The highest BCUT2D eigenvalue weighted by atomic mass is 16.3. The Balaban J connectivity index is 2.36. The molecule has 2 saturated carbocycles. The molecule has 0 amide bonds. The summed E-state index contributed by atoms with van der Waals surface area (Å²) < 4.78 is 0. The fourth-order valence-electron chi connectivity index (χ4n) is 3.63. The Morgan fingerprint density at radius 1 is 1.23 bits per heavy atom. The van der Waals surface area contributed by atoms with Gasteiger partial charge < -0.3 is 10.4 Å². The SMILES string of the molecule is CN[C@]1(C)[C@@H]2C[C@@H](C[C@H]2O)C1(C)C. The molecule has 2 fully saturated rings. The molecule has 2 bridgehead atoms. The second-order valence-electron chi connectivity index (χ2n) is 5.52. The molecule has 0 saturated heterocycles. The summed E-state index contributed by atoms with van der Waals surface area (Å²) in [6, 6.07) is 0. The number of rotatable bonds is 1. The van der Waals surface area contributed by atoms with Gasteiger partial charge in [0, 0.05) is 11.5 Å². The van der Waals surface area contributed by atoms with Crippen LogP contribution in [-0.2, 0) is 0 Å². The normalized spacial score (nSPS) is 52.8. The van der Waals surface area contributed by atoms with Crippen molar-refractivity contribution in [1.29, 1.82) is 0 Å². The van der Waals surface area contributed by atoms with Gasteiger partial charge in [-0.15, -0.1) is 0 Å². The molecule has 0 radical (unpaired) electrons. The molecule has 2 aliphatic rings. The number of hydrogen-bond acceptors (Lipinski definition) is 2. The molecular formula is C11H21NO. The van der Waals surface area contributed by atoms with Crippen molar-refractivity contribution in [2.45, 2.75) is 45.3 Å². The quantitative estimate of drug-likeness (QED) is 0.644.